The Balaban J connectivity index is 1.44. The topological polar surface area (TPSA) is 71.1 Å². The molecule has 0 amide bonds. The minimum Gasteiger partial charge on any atom is -0.489 e. The van der Waals surface area contributed by atoms with Crippen LogP contribution in [-0.4, -0.2) is 11.6 Å². The molecule has 0 fully saturated rings. The van der Waals surface area contributed by atoms with E-state index in [0.29, 0.717) is 49.4 Å². The molecule has 0 aromatic heterocycles. The number of Topliss-reactive ketones (excluding diaryl/α,β-unsaturated/α-hetero) is 2. The van der Waals surface area contributed by atoms with Crippen molar-refractivity contribution in [3.8, 4) is 23.0 Å². The Labute approximate surface area is 464 Å². The van der Waals surface area contributed by atoms with Gasteiger partial charge in [0, 0.05) is 46.3 Å². The molecule has 0 unspecified atom stereocenters. The molecule has 0 heterocycles. The summed E-state index contributed by atoms with van der Waals surface area (Å²) in [6.07, 6.45) is 12.9. The molecule has 6 aromatic carbocycles. The highest BCUT2D eigenvalue weighted by Crippen LogP contribution is 2.47. The van der Waals surface area contributed by atoms with Gasteiger partial charge in [0.1, 0.15) is 49.4 Å². The molecule has 2 atom stereocenters. The van der Waals surface area contributed by atoms with E-state index in [-0.39, 0.29) is 11.6 Å². The lowest BCUT2D eigenvalue weighted by molar-refractivity contribution is -0.114. The molecule has 0 bridgehead atoms. The number of ether oxygens (including phenoxy) is 4. The van der Waals surface area contributed by atoms with Crippen molar-refractivity contribution >= 4 is 11.6 Å². The van der Waals surface area contributed by atoms with E-state index >= 15 is 0 Å². The van der Waals surface area contributed by atoms with Gasteiger partial charge < -0.3 is 18.9 Å². The Hall–Kier alpha value is -7.70. The van der Waals surface area contributed by atoms with Gasteiger partial charge >= 0.3 is 0 Å². The molecular weight excluding hydrogens is 961 g/mol. The van der Waals surface area contributed by atoms with E-state index in [0.717, 1.165) is 66.8 Å². The molecule has 8 rings (SSSR count). The highest BCUT2D eigenvalue weighted by atomic mass is 16.5. The maximum Gasteiger partial charge on any atom is 0.186 e. The molecule has 0 saturated heterocycles. The fraction of sp³-hybridized carbons (Fsp3) is 0.306. The summed E-state index contributed by atoms with van der Waals surface area (Å²) in [5.74, 6) is 1.77. The first-order chi connectivity index (χ1) is 37.0. The fourth-order valence-electron chi connectivity index (χ4n) is 9.82. The molecule has 0 radical (unpaired) electrons. The molecule has 6 heteroatoms. The van der Waals surface area contributed by atoms with Crippen molar-refractivity contribution in [2.75, 3.05) is 0 Å². The summed E-state index contributed by atoms with van der Waals surface area (Å²) in [4.78, 5) is 29.2. The molecule has 0 saturated carbocycles. The Kier molecular flexibility index (Phi) is 17.3. The lowest BCUT2D eigenvalue weighted by Gasteiger charge is -2.33. The predicted octanol–water partition coefficient (Wildman–Crippen LogP) is 17.8. The fourth-order valence-corrected chi connectivity index (χ4v) is 9.82. The van der Waals surface area contributed by atoms with Gasteiger partial charge in [-0.25, -0.2) is 0 Å². The first-order valence-electron chi connectivity index (χ1n) is 27.4. The normalized spacial score (nSPS) is 15.1. The number of carbonyl (C=O) groups excluding carboxylic acids is 2. The van der Waals surface area contributed by atoms with Crippen molar-refractivity contribution in [2.24, 2.45) is 21.7 Å². The number of allylic oxidation sites excluding steroid dienone is 12. The van der Waals surface area contributed by atoms with Crippen LogP contribution in [-0.2, 0) is 36.0 Å². The minimum absolute atomic E-state index is 0.0605. The monoisotopic (exact) mass is 1040 g/mol. The highest BCUT2D eigenvalue weighted by molar-refractivity contribution is 6.12. The first kappa shape index (κ1) is 56.5. The van der Waals surface area contributed by atoms with E-state index in [1.165, 1.54) is 0 Å². The Bertz CT molecular complexity index is 2850. The molecule has 2 aliphatic rings. The summed E-state index contributed by atoms with van der Waals surface area (Å²) < 4.78 is 27.0. The molecule has 0 N–H and O–H groups in total. The lowest BCUT2D eigenvalue weighted by Crippen LogP contribution is -2.28. The van der Waals surface area contributed by atoms with E-state index < -0.39 is 33.5 Å². The van der Waals surface area contributed by atoms with Crippen LogP contribution in [0.1, 0.15) is 128 Å². The number of rotatable bonds is 17. The van der Waals surface area contributed by atoms with Crippen molar-refractivity contribution in [2.45, 2.75) is 121 Å². The zero-order valence-electron chi connectivity index (χ0n) is 47.9. The van der Waals surface area contributed by atoms with Crippen LogP contribution in [0.3, 0.4) is 0 Å². The van der Waals surface area contributed by atoms with Gasteiger partial charge in [-0.3, -0.25) is 9.59 Å². The number of hydrogen-bond donors (Lipinski definition) is 0. The predicted molar refractivity (Wildman–Crippen MR) is 318 cm³/mol. The van der Waals surface area contributed by atoms with E-state index in [9.17, 15) is 9.59 Å². The van der Waals surface area contributed by atoms with Gasteiger partial charge in [0.25, 0.3) is 0 Å². The maximum absolute atomic E-state index is 14.6. The number of ketones is 2. The number of carbonyl (C=O) groups is 2. The summed E-state index contributed by atoms with van der Waals surface area (Å²) in [5.41, 5.74) is 8.98. The van der Waals surface area contributed by atoms with Crippen molar-refractivity contribution in [3.05, 3.63) is 261 Å². The van der Waals surface area contributed by atoms with Gasteiger partial charge in [0.15, 0.2) is 11.6 Å². The third-order valence-electron chi connectivity index (χ3n) is 14.2. The Morgan fingerprint density at radius 2 is 0.551 bits per heavy atom. The summed E-state index contributed by atoms with van der Waals surface area (Å²) in [5, 5.41) is 0. The standard InChI is InChI=1S/C72H78O6/c1-69(2,3)63-35-53(36-64(67(63)73)70(4,5)6)33-61(55-39-57(75-45-49-25-17-13-18-26-49)43-58(40-55)76-46-50-27-19-14-20-28-50)62(34-54-37-65(71(7,8)9)68(74)66(38-54)72(10,11)12)56-41-59(77-47-51-29-21-15-22-30-51)44-60(42-56)78-48-52-31-23-16-24-32-52/h13-44,61-62H,45-48H2,1-12H3/t61-,62-/m0/s1. The van der Waals surface area contributed by atoms with Crippen molar-refractivity contribution < 1.29 is 28.5 Å². The summed E-state index contributed by atoms with van der Waals surface area (Å²) in [7, 11) is 0. The van der Waals surface area contributed by atoms with Crippen LogP contribution in [0.25, 0.3) is 0 Å². The second-order valence-corrected chi connectivity index (χ2v) is 24.8. The molecular formula is C72H78O6. The third kappa shape index (κ3) is 14.9. The molecule has 2 aliphatic carbocycles. The molecule has 78 heavy (non-hydrogen) atoms. The van der Waals surface area contributed by atoms with Gasteiger partial charge in [-0.15, -0.1) is 0 Å². The zero-order valence-corrected chi connectivity index (χ0v) is 47.9. The number of hydrogen-bond acceptors (Lipinski definition) is 6. The van der Waals surface area contributed by atoms with Crippen LogP contribution in [0.4, 0.5) is 0 Å². The average Bonchev–Trinajstić information content (AvgIpc) is 3.42. The van der Waals surface area contributed by atoms with Crippen LogP contribution in [0.2, 0.25) is 0 Å². The van der Waals surface area contributed by atoms with Crippen LogP contribution in [0.15, 0.2) is 228 Å². The smallest absolute Gasteiger partial charge is 0.186 e. The molecule has 402 valence electrons. The molecule has 0 spiro atoms. The summed E-state index contributed by atoms with van der Waals surface area (Å²) in [6.45, 7) is 26.7. The second kappa shape index (κ2) is 23.9. The average molecular weight is 1040 g/mol. The molecule has 6 nitrogen and oxygen atoms in total. The number of benzene rings is 6. The van der Waals surface area contributed by atoms with Crippen LogP contribution < -0.4 is 18.9 Å². The largest absolute Gasteiger partial charge is 0.489 e. The SMILES string of the molecule is CC(C)(C)C1=CC(=C[C@@H](c2cc(OCc3ccccc3)cc(OCc3ccccc3)c2)[C@@H](C=C2C=C(C(C)(C)C)C(=O)C(C(C)(C)C)=C2)c2cc(OCc3ccccc3)cc(OCc3ccccc3)c2)C=C(C(C)(C)C)C1=O. The summed E-state index contributed by atoms with van der Waals surface area (Å²) >= 11 is 0. The van der Waals surface area contributed by atoms with Gasteiger partial charge in [0.05, 0.1) is 0 Å². The van der Waals surface area contributed by atoms with Crippen LogP contribution in [0.5, 0.6) is 23.0 Å². The third-order valence-corrected chi connectivity index (χ3v) is 14.2. The molecule has 6 aromatic rings. The van der Waals surface area contributed by atoms with Crippen LogP contribution in [0, 0.1) is 21.7 Å². The Morgan fingerprint density at radius 3 is 0.756 bits per heavy atom. The maximum atomic E-state index is 14.6. The van der Waals surface area contributed by atoms with Gasteiger partial charge in [0.2, 0.25) is 0 Å². The minimum atomic E-state index is -0.461. The first-order valence-corrected chi connectivity index (χ1v) is 27.4. The van der Waals surface area contributed by atoms with Crippen molar-refractivity contribution in [1.29, 1.82) is 0 Å². The second-order valence-electron chi connectivity index (χ2n) is 24.8. The highest BCUT2D eigenvalue weighted by Gasteiger charge is 2.37. The lowest BCUT2D eigenvalue weighted by atomic mass is 9.70. The summed E-state index contributed by atoms with van der Waals surface area (Å²) in [6, 6.07) is 53.1. The Morgan fingerprint density at radius 1 is 0.333 bits per heavy atom. The molecule has 0 aliphatic heterocycles. The van der Waals surface area contributed by atoms with E-state index in [4.69, 9.17) is 18.9 Å². The van der Waals surface area contributed by atoms with Crippen molar-refractivity contribution in [3.63, 3.8) is 0 Å². The van der Waals surface area contributed by atoms with E-state index in [2.05, 4.69) is 192 Å². The van der Waals surface area contributed by atoms with Gasteiger partial charge in [-0.05, 0) is 115 Å². The van der Waals surface area contributed by atoms with Crippen molar-refractivity contribution in [1.82, 2.24) is 0 Å². The van der Waals surface area contributed by atoms with Gasteiger partial charge in [-0.1, -0.05) is 217 Å². The van der Waals surface area contributed by atoms with E-state index in [1.54, 1.807) is 0 Å². The van der Waals surface area contributed by atoms with Crippen LogP contribution >= 0.6 is 0 Å². The van der Waals surface area contributed by atoms with Gasteiger partial charge in [-0.2, -0.15) is 0 Å². The zero-order chi connectivity index (χ0) is 55.8. The van der Waals surface area contributed by atoms with E-state index in [1.807, 2.05) is 84.9 Å². The quantitative estimate of drug-likeness (QED) is 0.0906.